The van der Waals surface area contributed by atoms with E-state index in [0.29, 0.717) is 0 Å². The van der Waals surface area contributed by atoms with E-state index in [-0.39, 0.29) is 5.92 Å². The van der Waals surface area contributed by atoms with Gasteiger partial charge in [0.15, 0.2) is 0 Å². The highest BCUT2D eigenvalue weighted by Crippen LogP contribution is 2.15. The second-order valence-corrected chi connectivity index (χ2v) is 4.01. The predicted molar refractivity (Wildman–Crippen MR) is 61.9 cm³/mol. The van der Waals surface area contributed by atoms with E-state index in [1.807, 2.05) is 0 Å². The van der Waals surface area contributed by atoms with Gasteiger partial charge in [-0.15, -0.1) is 0 Å². The lowest BCUT2D eigenvalue weighted by Crippen LogP contribution is -2.13. The van der Waals surface area contributed by atoms with Crippen LogP contribution in [-0.4, -0.2) is 22.6 Å². The molecule has 0 aliphatic heterocycles. The Morgan fingerprint density at radius 3 is 2.08 bits per heavy atom. The maximum atomic E-state index is 10.8. The molecule has 1 atom stereocenters. The van der Waals surface area contributed by atoms with Gasteiger partial charge in [0.05, 0.1) is 5.92 Å². The molecule has 0 aliphatic carbocycles. The van der Waals surface area contributed by atoms with Gasteiger partial charge in [-0.1, -0.05) is 6.42 Å². The third-order valence-corrected chi connectivity index (χ3v) is 2.65. The third-order valence-electron chi connectivity index (χ3n) is 2.02. The molecule has 1 N–H and O–H groups in total. The van der Waals surface area contributed by atoms with E-state index in [1.165, 1.54) is 0 Å². The van der Waals surface area contributed by atoms with E-state index in [1.54, 1.807) is 0 Å². The molecule has 0 rings (SSSR count). The van der Waals surface area contributed by atoms with Crippen LogP contribution < -0.4 is 0 Å². The number of carboxylic acid groups (broad SMARTS) is 1. The Bertz CT molecular complexity index is 140. The molecule has 78 valence electrons. The number of hydrogen-bond donors (Lipinski definition) is 3. The number of carboxylic acids is 1. The summed E-state index contributed by atoms with van der Waals surface area (Å²) in [5.74, 6) is 0.780. The molecule has 0 bridgehead atoms. The minimum Gasteiger partial charge on any atom is -0.481 e. The third kappa shape index (κ3) is 7.26. The van der Waals surface area contributed by atoms with Crippen LogP contribution in [0.2, 0.25) is 0 Å². The summed E-state index contributed by atoms with van der Waals surface area (Å²) in [6, 6.07) is 0. The van der Waals surface area contributed by atoms with Gasteiger partial charge in [0, 0.05) is 0 Å². The molecular weight excluding hydrogens is 204 g/mol. The fourth-order valence-electron chi connectivity index (χ4n) is 1.23. The van der Waals surface area contributed by atoms with Crippen molar-refractivity contribution in [3.63, 3.8) is 0 Å². The van der Waals surface area contributed by atoms with Gasteiger partial charge in [0.1, 0.15) is 0 Å². The number of unbranched alkanes of at least 4 members (excludes halogenated alkanes) is 1. The SMILES string of the molecule is O=C(O)C(CCCS)CCCCS. The summed E-state index contributed by atoms with van der Waals surface area (Å²) in [4.78, 5) is 10.8. The fraction of sp³-hybridized carbons (Fsp3) is 0.889. The van der Waals surface area contributed by atoms with Gasteiger partial charge < -0.3 is 5.11 Å². The average Bonchev–Trinajstić information content (AvgIpc) is 2.10. The number of aliphatic carboxylic acids is 1. The first-order chi connectivity index (χ1) is 6.22. The summed E-state index contributed by atoms with van der Waals surface area (Å²) in [5.41, 5.74) is 0. The summed E-state index contributed by atoms with van der Waals surface area (Å²) >= 11 is 8.15. The van der Waals surface area contributed by atoms with Crippen molar-refractivity contribution in [2.45, 2.75) is 32.1 Å². The number of rotatable bonds is 8. The van der Waals surface area contributed by atoms with Crippen LogP contribution in [0, 0.1) is 5.92 Å². The second kappa shape index (κ2) is 8.75. The molecule has 0 aliphatic rings. The molecule has 0 saturated heterocycles. The Labute approximate surface area is 90.9 Å². The molecule has 1 unspecified atom stereocenters. The van der Waals surface area contributed by atoms with E-state index in [9.17, 15) is 4.79 Å². The van der Waals surface area contributed by atoms with Crippen LogP contribution in [-0.2, 0) is 4.79 Å². The van der Waals surface area contributed by atoms with Crippen LogP contribution in [0.1, 0.15) is 32.1 Å². The smallest absolute Gasteiger partial charge is 0.306 e. The molecule has 0 saturated carbocycles. The van der Waals surface area contributed by atoms with E-state index in [4.69, 9.17) is 5.11 Å². The molecule has 0 fully saturated rings. The number of thiol groups is 2. The maximum Gasteiger partial charge on any atom is 0.306 e. The predicted octanol–water partition coefficient (Wildman–Crippen LogP) is 2.50. The number of hydrogen-bond acceptors (Lipinski definition) is 3. The van der Waals surface area contributed by atoms with E-state index in [2.05, 4.69) is 25.3 Å². The van der Waals surface area contributed by atoms with Gasteiger partial charge >= 0.3 is 5.97 Å². The largest absolute Gasteiger partial charge is 0.481 e. The highest BCUT2D eigenvalue weighted by molar-refractivity contribution is 7.80. The minimum atomic E-state index is -0.666. The molecule has 0 heterocycles. The van der Waals surface area contributed by atoms with Crippen molar-refractivity contribution in [1.82, 2.24) is 0 Å². The summed E-state index contributed by atoms with van der Waals surface area (Å²) in [6.07, 6.45) is 4.40. The molecular formula is C9H18O2S2. The van der Waals surface area contributed by atoms with Gasteiger partial charge in [0.2, 0.25) is 0 Å². The Morgan fingerprint density at radius 1 is 1.08 bits per heavy atom. The molecule has 0 aromatic carbocycles. The van der Waals surface area contributed by atoms with Crippen molar-refractivity contribution in [2.24, 2.45) is 5.92 Å². The summed E-state index contributed by atoms with van der Waals surface area (Å²) < 4.78 is 0. The normalized spacial score (nSPS) is 12.8. The van der Waals surface area contributed by atoms with Crippen molar-refractivity contribution >= 4 is 31.2 Å². The van der Waals surface area contributed by atoms with E-state index in [0.717, 1.165) is 43.6 Å². The molecule has 0 spiro atoms. The Morgan fingerprint density at radius 2 is 1.62 bits per heavy atom. The van der Waals surface area contributed by atoms with Crippen molar-refractivity contribution in [2.75, 3.05) is 11.5 Å². The van der Waals surface area contributed by atoms with Gasteiger partial charge in [-0.25, -0.2) is 0 Å². The quantitative estimate of drug-likeness (QED) is 0.436. The van der Waals surface area contributed by atoms with Crippen LogP contribution >= 0.6 is 25.3 Å². The lowest BCUT2D eigenvalue weighted by molar-refractivity contribution is -0.142. The molecule has 0 aromatic heterocycles. The van der Waals surface area contributed by atoms with Crippen LogP contribution in [0.5, 0.6) is 0 Å². The molecule has 0 aromatic rings. The Hall–Kier alpha value is 0.170. The summed E-state index contributed by atoms with van der Waals surface area (Å²) in [5, 5.41) is 8.86. The highest BCUT2D eigenvalue weighted by Gasteiger charge is 2.15. The molecule has 13 heavy (non-hydrogen) atoms. The monoisotopic (exact) mass is 222 g/mol. The fourth-order valence-corrected chi connectivity index (χ4v) is 1.64. The zero-order chi connectivity index (χ0) is 10.1. The van der Waals surface area contributed by atoms with Crippen molar-refractivity contribution in [3.8, 4) is 0 Å². The first kappa shape index (κ1) is 13.2. The van der Waals surface area contributed by atoms with Crippen molar-refractivity contribution in [1.29, 1.82) is 0 Å². The van der Waals surface area contributed by atoms with Crippen molar-refractivity contribution < 1.29 is 9.90 Å². The molecule has 4 heteroatoms. The van der Waals surface area contributed by atoms with Gasteiger partial charge in [-0.05, 0) is 37.2 Å². The van der Waals surface area contributed by atoms with Crippen molar-refractivity contribution in [3.05, 3.63) is 0 Å². The van der Waals surface area contributed by atoms with Crippen LogP contribution in [0.3, 0.4) is 0 Å². The maximum absolute atomic E-state index is 10.8. The molecule has 2 nitrogen and oxygen atoms in total. The molecule has 0 radical (unpaired) electrons. The summed E-state index contributed by atoms with van der Waals surface area (Å²) in [7, 11) is 0. The van der Waals surface area contributed by atoms with Gasteiger partial charge in [-0.3, -0.25) is 4.79 Å². The topological polar surface area (TPSA) is 37.3 Å². The lowest BCUT2D eigenvalue weighted by Gasteiger charge is -2.10. The lowest BCUT2D eigenvalue weighted by atomic mass is 9.97. The zero-order valence-electron chi connectivity index (χ0n) is 7.78. The van der Waals surface area contributed by atoms with Gasteiger partial charge in [0.25, 0.3) is 0 Å². The molecule has 0 amide bonds. The van der Waals surface area contributed by atoms with E-state index < -0.39 is 5.97 Å². The van der Waals surface area contributed by atoms with Gasteiger partial charge in [-0.2, -0.15) is 25.3 Å². The van der Waals surface area contributed by atoms with Crippen LogP contribution in [0.25, 0.3) is 0 Å². The highest BCUT2D eigenvalue weighted by atomic mass is 32.1. The van der Waals surface area contributed by atoms with E-state index >= 15 is 0 Å². The Kier molecular flexibility index (Phi) is 8.87. The minimum absolute atomic E-state index is 0.174. The first-order valence-corrected chi connectivity index (χ1v) is 5.93. The number of carbonyl (C=O) groups is 1. The second-order valence-electron chi connectivity index (χ2n) is 3.12. The van der Waals surface area contributed by atoms with Crippen LogP contribution in [0.4, 0.5) is 0 Å². The summed E-state index contributed by atoms with van der Waals surface area (Å²) in [6.45, 7) is 0. The standard InChI is InChI=1S/C9H18O2S2/c10-9(11)8(5-3-7-13)4-1-2-6-12/h8,12-13H,1-7H2,(H,10,11). The first-order valence-electron chi connectivity index (χ1n) is 4.67. The Balaban J connectivity index is 3.61. The average molecular weight is 222 g/mol. The zero-order valence-corrected chi connectivity index (χ0v) is 9.57. The van der Waals surface area contributed by atoms with Crippen LogP contribution in [0.15, 0.2) is 0 Å².